The van der Waals surface area contributed by atoms with Crippen LogP contribution in [0, 0.1) is 17.8 Å². The molecule has 0 saturated carbocycles. The van der Waals surface area contributed by atoms with E-state index in [1.165, 1.54) is 12.1 Å². The number of nitrogens with two attached hydrogens (primary N) is 1. The third kappa shape index (κ3) is 12.4. The lowest BCUT2D eigenvalue weighted by Crippen LogP contribution is -2.38. The zero-order valence-corrected chi connectivity index (χ0v) is 23.5. The number of hydrogen-bond donors (Lipinski definition) is 2. The Labute approximate surface area is 225 Å². The van der Waals surface area contributed by atoms with Gasteiger partial charge in [-0.05, 0) is 55.2 Å². The maximum Gasteiger partial charge on any atom is 0.508 e. The number of esters is 2. The van der Waals surface area contributed by atoms with Crippen LogP contribution in [0.15, 0.2) is 18.2 Å². The molecule has 1 aromatic rings. The summed E-state index contributed by atoms with van der Waals surface area (Å²) in [6, 6.07) is 3.08. The average molecular weight is 538 g/mol. The Hall–Kier alpha value is -3.14. The maximum atomic E-state index is 12.4. The van der Waals surface area contributed by atoms with Crippen molar-refractivity contribution in [1.82, 2.24) is 0 Å². The first-order valence-corrected chi connectivity index (χ1v) is 13.1. The maximum absolute atomic E-state index is 12.4. The van der Waals surface area contributed by atoms with E-state index in [9.17, 15) is 24.3 Å². The van der Waals surface area contributed by atoms with Crippen LogP contribution in [0.2, 0.25) is 0 Å². The lowest BCUT2D eigenvalue weighted by atomic mass is 9.87. The van der Waals surface area contributed by atoms with E-state index in [-0.39, 0.29) is 49.2 Å². The van der Waals surface area contributed by atoms with Crippen LogP contribution in [0.25, 0.3) is 0 Å². The van der Waals surface area contributed by atoms with Crippen LogP contribution in [0.3, 0.4) is 0 Å². The van der Waals surface area contributed by atoms with Gasteiger partial charge in [-0.1, -0.05) is 47.6 Å². The van der Waals surface area contributed by atoms with Crippen molar-refractivity contribution >= 4 is 24.1 Å². The molecule has 0 radical (unpaired) electrons. The highest BCUT2D eigenvalue weighted by Gasteiger charge is 2.30. The zero-order valence-electron chi connectivity index (χ0n) is 23.5. The second-order valence-corrected chi connectivity index (χ2v) is 10.8. The van der Waals surface area contributed by atoms with Crippen LogP contribution in [0.1, 0.15) is 85.6 Å². The van der Waals surface area contributed by atoms with E-state index in [0.717, 1.165) is 0 Å². The first kappa shape index (κ1) is 32.9. The van der Waals surface area contributed by atoms with Crippen molar-refractivity contribution in [2.24, 2.45) is 23.5 Å². The number of carboxylic acid groups (broad SMARTS) is 1. The van der Waals surface area contributed by atoms with Gasteiger partial charge in [-0.15, -0.1) is 0 Å². The van der Waals surface area contributed by atoms with Gasteiger partial charge >= 0.3 is 24.1 Å². The summed E-state index contributed by atoms with van der Waals surface area (Å²) in [5.41, 5.74) is 6.43. The monoisotopic (exact) mass is 537 g/mol. The number of carbonyl (C=O) groups excluding carboxylic acids is 3. The molecular weight excluding hydrogens is 494 g/mol. The van der Waals surface area contributed by atoms with Gasteiger partial charge in [-0.25, -0.2) is 4.79 Å². The SMILES string of the molecule is CC(C)CCOC(=O)OC(C)CC(c1ccc(OC(=O)CC(C)C)c(OC(=O)CC(C)C)c1)[C@H](N)C(=O)O. The lowest BCUT2D eigenvalue weighted by Gasteiger charge is -2.25. The molecule has 0 amide bonds. The third-order valence-corrected chi connectivity index (χ3v) is 5.51. The number of carboxylic acids is 1. The summed E-state index contributed by atoms with van der Waals surface area (Å²) < 4.78 is 21.3. The molecule has 1 rings (SSSR count). The van der Waals surface area contributed by atoms with E-state index in [0.29, 0.717) is 17.9 Å². The smallest absolute Gasteiger partial charge is 0.480 e. The fraction of sp³-hybridized carbons (Fsp3) is 0.643. The quantitative estimate of drug-likeness (QED) is 0.229. The normalized spacial score (nSPS) is 13.7. The van der Waals surface area contributed by atoms with Crippen molar-refractivity contribution in [3.63, 3.8) is 0 Å². The minimum absolute atomic E-state index is 0.0190. The molecule has 2 unspecified atom stereocenters. The summed E-state index contributed by atoms with van der Waals surface area (Å²) in [6.07, 6.45) is -0.550. The van der Waals surface area contributed by atoms with E-state index >= 15 is 0 Å². The van der Waals surface area contributed by atoms with Gasteiger partial charge in [0.2, 0.25) is 0 Å². The highest BCUT2D eigenvalue weighted by atomic mass is 16.7. The number of benzene rings is 1. The summed E-state index contributed by atoms with van der Waals surface area (Å²) >= 11 is 0. The van der Waals surface area contributed by atoms with Gasteiger partial charge < -0.3 is 29.8 Å². The Morgan fingerprint density at radius 2 is 1.39 bits per heavy atom. The van der Waals surface area contributed by atoms with Crippen molar-refractivity contribution in [1.29, 1.82) is 0 Å². The topological polar surface area (TPSA) is 151 Å². The molecule has 0 aliphatic heterocycles. The summed E-state index contributed by atoms with van der Waals surface area (Å²) in [4.78, 5) is 48.6. The summed E-state index contributed by atoms with van der Waals surface area (Å²) in [6.45, 7) is 13.3. The molecule has 0 aromatic heterocycles. The fourth-order valence-electron chi connectivity index (χ4n) is 3.56. The average Bonchev–Trinajstić information content (AvgIpc) is 2.76. The number of rotatable bonds is 15. The van der Waals surface area contributed by atoms with E-state index in [4.69, 9.17) is 24.7 Å². The van der Waals surface area contributed by atoms with Gasteiger partial charge in [0.1, 0.15) is 12.1 Å². The second kappa shape index (κ2) is 16.0. The molecule has 1 aromatic carbocycles. The van der Waals surface area contributed by atoms with Crippen molar-refractivity contribution in [2.45, 2.75) is 92.2 Å². The summed E-state index contributed by atoms with van der Waals surface area (Å²) in [7, 11) is 0. The zero-order chi connectivity index (χ0) is 29.0. The Morgan fingerprint density at radius 3 is 1.89 bits per heavy atom. The summed E-state index contributed by atoms with van der Waals surface area (Å²) in [5.74, 6) is -2.64. The fourth-order valence-corrected chi connectivity index (χ4v) is 3.56. The molecule has 10 heteroatoms. The standard InChI is InChI=1S/C28H43NO9/c1-16(2)10-11-35-28(34)36-19(7)14-21(26(29)27(32)33)20-8-9-22(37-24(30)12-17(3)4)23(15-20)38-25(31)13-18(5)6/h8-9,15-19,21,26H,10-14,29H2,1-7H3,(H,32,33)/t19?,21?,26-/m0/s1. The van der Waals surface area contributed by atoms with Gasteiger partial charge in [0.05, 0.1) is 6.61 Å². The molecule has 3 N–H and O–H groups in total. The first-order valence-electron chi connectivity index (χ1n) is 13.1. The van der Waals surface area contributed by atoms with E-state index in [2.05, 4.69) is 0 Å². The van der Waals surface area contributed by atoms with Crippen LogP contribution in [-0.4, -0.2) is 47.9 Å². The van der Waals surface area contributed by atoms with Gasteiger partial charge in [0.25, 0.3) is 0 Å². The van der Waals surface area contributed by atoms with Crippen molar-refractivity contribution in [2.75, 3.05) is 6.61 Å². The van der Waals surface area contributed by atoms with Crippen LogP contribution in [0.4, 0.5) is 4.79 Å². The van der Waals surface area contributed by atoms with Gasteiger partial charge in [0.15, 0.2) is 11.5 Å². The van der Waals surface area contributed by atoms with Gasteiger partial charge in [0, 0.05) is 18.8 Å². The minimum atomic E-state index is -1.36. The lowest BCUT2D eigenvalue weighted by molar-refractivity contribution is -0.139. The molecule has 0 bridgehead atoms. The molecule has 0 spiro atoms. The Balaban J connectivity index is 3.23. The molecule has 0 fully saturated rings. The molecule has 0 heterocycles. The Bertz CT molecular complexity index is 942. The van der Waals surface area contributed by atoms with Crippen LogP contribution in [0.5, 0.6) is 11.5 Å². The van der Waals surface area contributed by atoms with E-state index in [1.54, 1.807) is 13.0 Å². The van der Waals surface area contributed by atoms with Crippen LogP contribution in [-0.2, 0) is 23.9 Å². The molecule has 10 nitrogen and oxygen atoms in total. The van der Waals surface area contributed by atoms with Gasteiger partial charge in [-0.2, -0.15) is 0 Å². The molecular formula is C28H43NO9. The molecule has 0 aliphatic rings. The second-order valence-electron chi connectivity index (χ2n) is 10.8. The number of carbonyl (C=O) groups is 4. The molecule has 0 aliphatic carbocycles. The van der Waals surface area contributed by atoms with Gasteiger partial charge in [-0.3, -0.25) is 14.4 Å². The molecule has 3 atom stereocenters. The van der Waals surface area contributed by atoms with E-state index in [1.807, 2.05) is 41.5 Å². The molecule has 0 saturated heterocycles. The number of hydrogen-bond acceptors (Lipinski definition) is 9. The van der Waals surface area contributed by atoms with Crippen molar-refractivity contribution in [3.05, 3.63) is 23.8 Å². The number of aliphatic carboxylic acids is 1. The third-order valence-electron chi connectivity index (χ3n) is 5.51. The Morgan fingerprint density at radius 1 is 0.842 bits per heavy atom. The van der Waals surface area contributed by atoms with Crippen LogP contribution >= 0.6 is 0 Å². The Kier molecular flexibility index (Phi) is 13.8. The van der Waals surface area contributed by atoms with Crippen LogP contribution < -0.4 is 15.2 Å². The highest BCUT2D eigenvalue weighted by molar-refractivity contribution is 5.77. The van der Waals surface area contributed by atoms with Crippen molar-refractivity contribution in [3.8, 4) is 11.5 Å². The summed E-state index contributed by atoms with van der Waals surface area (Å²) in [5, 5.41) is 9.64. The van der Waals surface area contributed by atoms with Crippen molar-refractivity contribution < 1.29 is 43.2 Å². The minimum Gasteiger partial charge on any atom is -0.480 e. The largest absolute Gasteiger partial charge is 0.508 e. The number of ether oxygens (including phenoxy) is 4. The molecule has 214 valence electrons. The predicted molar refractivity (Wildman–Crippen MR) is 141 cm³/mol. The highest BCUT2D eigenvalue weighted by Crippen LogP contribution is 2.35. The predicted octanol–water partition coefficient (Wildman–Crippen LogP) is 5.06. The molecule has 38 heavy (non-hydrogen) atoms. The first-order chi connectivity index (χ1) is 17.7. The van der Waals surface area contributed by atoms with E-state index < -0.39 is 42.1 Å².